The lowest BCUT2D eigenvalue weighted by Gasteiger charge is -2.21. The molecule has 0 aliphatic carbocycles. The first-order valence-electron chi connectivity index (χ1n) is 9.47. The van der Waals surface area contributed by atoms with Crippen molar-refractivity contribution >= 4 is 16.7 Å². The van der Waals surface area contributed by atoms with Crippen LogP contribution < -0.4 is 10.9 Å². The van der Waals surface area contributed by atoms with E-state index in [0.717, 1.165) is 12.0 Å². The van der Waals surface area contributed by atoms with Crippen molar-refractivity contribution in [2.75, 3.05) is 0 Å². The summed E-state index contributed by atoms with van der Waals surface area (Å²) in [6.45, 7) is 3.78. The lowest BCUT2D eigenvalue weighted by atomic mass is 10.0. The Labute approximate surface area is 167 Å². The van der Waals surface area contributed by atoms with Crippen molar-refractivity contribution in [3.63, 3.8) is 0 Å². The third-order valence-electron chi connectivity index (χ3n) is 5.08. The molecule has 0 aliphatic heterocycles. The zero-order chi connectivity index (χ0) is 20.4. The summed E-state index contributed by atoms with van der Waals surface area (Å²) < 4.78 is 2.90. The molecular formula is C22H21N5O2. The van der Waals surface area contributed by atoms with Gasteiger partial charge in [-0.15, -0.1) is 10.2 Å². The molecule has 1 amide bonds. The van der Waals surface area contributed by atoms with Crippen molar-refractivity contribution in [3.8, 4) is 0 Å². The van der Waals surface area contributed by atoms with Crippen LogP contribution >= 0.6 is 0 Å². The second-order valence-electron chi connectivity index (χ2n) is 6.81. The Balaban J connectivity index is 1.87. The Bertz CT molecular complexity index is 1210. The molecular weight excluding hydrogens is 366 g/mol. The standard InChI is InChI=1S/C22H21N5O2/c1-3-19(16-9-5-4-6-10-16)25-21(28)20-15(2)27(26-13-23-24-14-26)22(29)18-12-8-7-11-17(18)20/h4-14,19H,3H2,1-2H3,(H,25,28)/t19-/m0/s1. The van der Waals surface area contributed by atoms with Crippen LogP contribution in [0.3, 0.4) is 0 Å². The van der Waals surface area contributed by atoms with Gasteiger partial charge in [0.15, 0.2) is 0 Å². The Morgan fingerprint density at radius 1 is 1.00 bits per heavy atom. The third kappa shape index (κ3) is 3.31. The van der Waals surface area contributed by atoms with Crippen LogP contribution in [0.1, 0.15) is 41.0 Å². The molecule has 2 aromatic heterocycles. The molecule has 4 aromatic rings. The van der Waals surface area contributed by atoms with Crippen LogP contribution in [0.4, 0.5) is 0 Å². The number of carbonyl (C=O) groups is 1. The minimum Gasteiger partial charge on any atom is -0.345 e. The number of pyridine rings is 1. The predicted molar refractivity (Wildman–Crippen MR) is 111 cm³/mol. The smallest absolute Gasteiger partial charge is 0.277 e. The van der Waals surface area contributed by atoms with E-state index in [4.69, 9.17) is 0 Å². The summed E-state index contributed by atoms with van der Waals surface area (Å²) in [5.74, 6) is -0.226. The van der Waals surface area contributed by atoms with E-state index in [1.54, 1.807) is 25.1 Å². The molecule has 146 valence electrons. The molecule has 2 heterocycles. The highest BCUT2D eigenvalue weighted by molar-refractivity contribution is 6.07. The summed E-state index contributed by atoms with van der Waals surface area (Å²) >= 11 is 0. The van der Waals surface area contributed by atoms with E-state index in [2.05, 4.69) is 15.5 Å². The molecule has 7 nitrogen and oxygen atoms in total. The number of fused-ring (bicyclic) bond motifs is 1. The highest BCUT2D eigenvalue weighted by Crippen LogP contribution is 2.22. The number of carbonyl (C=O) groups excluding carboxylic acids is 1. The van der Waals surface area contributed by atoms with E-state index in [9.17, 15) is 9.59 Å². The van der Waals surface area contributed by atoms with Gasteiger partial charge < -0.3 is 5.32 Å². The van der Waals surface area contributed by atoms with E-state index in [1.807, 2.05) is 43.3 Å². The van der Waals surface area contributed by atoms with Crippen LogP contribution in [-0.2, 0) is 0 Å². The minimum atomic E-state index is -0.232. The topological polar surface area (TPSA) is 81.8 Å². The van der Waals surface area contributed by atoms with Gasteiger partial charge >= 0.3 is 0 Å². The first-order chi connectivity index (χ1) is 14.1. The summed E-state index contributed by atoms with van der Waals surface area (Å²) in [5, 5.41) is 11.8. The van der Waals surface area contributed by atoms with Gasteiger partial charge in [0.05, 0.1) is 17.3 Å². The second-order valence-corrected chi connectivity index (χ2v) is 6.81. The zero-order valence-electron chi connectivity index (χ0n) is 16.2. The average Bonchev–Trinajstić information content (AvgIpc) is 3.27. The van der Waals surface area contributed by atoms with Crippen LogP contribution in [-0.4, -0.2) is 25.5 Å². The van der Waals surface area contributed by atoms with Crippen molar-refractivity contribution in [1.29, 1.82) is 0 Å². The van der Waals surface area contributed by atoms with Gasteiger partial charge in [0.2, 0.25) is 0 Å². The molecule has 1 N–H and O–H groups in total. The van der Waals surface area contributed by atoms with E-state index in [-0.39, 0.29) is 17.5 Å². The lowest BCUT2D eigenvalue weighted by Crippen LogP contribution is -2.34. The Morgan fingerprint density at radius 3 is 2.28 bits per heavy atom. The number of rotatable bonds is 5. The third-order valence-corrected chi connectivity index (χ3v) is 5.08. The largest absolute Gasteiger partial charge is 0.345 e. The molecule has 2 aromatic carbocycles. The fourth-order valence-electron chi connectivity index (χ4n) is 3.65. The molecule has 0 saturated heterocycles. The van der Waals surface area contributed by atoms with Crippen LogP contribution in [0.5, 0.6) is 0 Å². The number of nitrogens with one attached hydrogen (secondary N) is 1. The first-order valence-corrected chi connectivity index (χ1v) is 9.47. The highest BCUT2D eigenvalue weighted by Gasteiger charge is 2.22. The number of nitrogens with zero attached hydrogens (tertiary/aromatic N) is 4. The normalized spacial score (nSPS) is 12.1. The van der Waals surface area contributed by atoms with E-state index in [0.29, 0.717) is 22.0 Å². The molecule has 0 unspecified atom stereocenters. The summed E-state index contributed by atoms with van der Waals surface area (Å²) in [5.41, 5.74) is 1.79. The predicted octanol–water partition coefficient (Wildman–Crippen LogP) is 3.09. The van der Waals surface area contributed by atoms with E-state index < -0.39 is 0 Å². The Hall–Kier alpha value is -3.74. The van der Waals surface area contributed by atoms with Crippen LogP contribution in [0.2, 0.25) is 0 Å². The number of aromatic nitrogens is 4. The van der Waals surface area contributed by atoms with Gasteiger partial charge in [0.25, 0.3) is 11.5 Å². The molecule has 0 saturated carbocycles. The minimum absolute atomic E-state index is 0.128. The fraction of sp³-hybridized carbons (Fsp3) is 0.182. The van der Waals surface area contributed by atoms with Gasteiger partial charge in [-0.25, -0.2) is 9.35 Å². The summed E-state index contributed by atoms with van der Waals surface area (Å²) in [7, 11) is 0. The number of amides is 1. The van der Waals surface area contributed by atoms with Crippen LogP contribution in [0.25, 0.3) is 10.8 Å². The van der Waals surface area contributed by atoms with Gasteiger partial charge in [-0.2, -0.15) is 0 Å². The average molecular weight is 387 g/mol. The first kappa shape index (κ1) is 18.6. The van der Waals surface area contributed by atoms with Crippen molar-refractivity contribution in [2.45, 2.75) is 26.3 Å². The fourth-order valence-corrected chi connectivity index (χ4v) is 3.65. The number of benzene rings is 2. The monoisotopic (exact) mass is 387 g/mol. The highest BCUT2D eigenvalue weighted by atomic mass is 16.2. The van der Waals surface area contributed by atoms with E-state index in [1.165, 1.54) is 22.0 Å². The van der Waals surface area contributed by atoms with Crippen molar-refractivity contribution in [2.24, 2.45) is 0 Å². The Kier molecular flexibility index (Phi) is 4.95. The van der Waals surface area contributed by atoms with Crippen molar-refractivity contribution in [1.82, 2.24) is 24.9 Å². The maximum atomic E-state index is 13.4. The maximum Gasteiger partial charge on any atom is 0.277 e. The van der Waals surface area contributed by atoms with Gasteiger partial charge in [-0.3, -0.25) is 9.59 Å². The quantitative estimate of drug-likeness (QED) is 0.571. The molecule has 0 aliphatic rings. The molecule has 7 heteroatoms. The summed E-state index contributed by atoms with van der Waals surface area (Å²) in [6.07, 6.45) is 3.62. The van der Waals surface area contributed by atoms with Crippen molar-refractivity contribution in [3.05, 3.63) is 94.4 Å². The molecule has 1 atom stereocenters. The zero-order valence-corrected chi connectivity index (χ0v) is 16.2. The number of hydrogen-bond donors (Lipinski definition) is 1. The molecule has 0 bridgehead atoms. The molecule has 4 rings (SSSR count). The molecule has 0 radical (unpaired) electrons. The second kappa shape index (κ2) is 7.71. The van der Waals surface area contributed by atoms with Crippen molar-refractivity contribution < 1.29 is 4.79 Å². The summed E-state index contributed by atoms with van der Waals surface area (Å²) in [6, 6.07) is 16.9. The van der Waals surface area contributed by atoms with Gasteiger partial charge in [0.1, 0.15) is 12.7 Å². The van der Waals surface area contributed by atoms with Crippen LogP contribution in [0, 0.1) is 6.92 Å². The SMILES string of the molecule is CC[C@H](NC(=O)c1c(C)n(-n2cnnc2)c(=O)c2ccccc12)c1ccccc1. The van der Waals surface area contributed by atoms with E-state index >= 15 is 0 Å². The lowest BCUT2D eigenvalue weighted by molar-refractivity contribution is 0.0935. The van der Waals surface area contributed by atoms with Gasteiger partial charge in [-0.1, -0.05) is 55.5 Å². The summed E-state index contributed by atoms with van der Waals surface area (Å²) in [4.78, 5) is 26.5. The number of hydrogen-bond acceptors (Lipinski definition) is 4. The molecule has 0 fully saturated rings. The van der Waals surface area contributed by atoms with Crippen LogP contribution in [0.15, 0.2) is 72.0 Å². The van der Waals surface area contributed by atoms with Gasteiger partial charge in [0, 0.05) is 10.8 Å². The molecule has 29 heavy (non-hydrogen) atoms. The molecule has 0 spiro atoms. The maximum absolute atomic E-state index is 13.4. The Morgan fingerprint density at radius 2 is 1.62 bits per heavy atom. The van der Waals surface area contributed by atoms with Gasteiger partial charge in [-0.05, 0) is 25.0 Å².